The fourth-order valence-corrected chi connectivity index (χ4v) is 3.32. The Hall–Kier alpha value is -0.440. The van der Waals surface area contributed by atoms with E-state index in [0.29, 0.717) is 16.6 Å². The van der Waals surface area contributed by atoms with E-state index >= 15 is 0 Å². The van der Waals surface area contributed by atoms with Gasteiger partial charge in [-0.3, -0.25) is 0 Å². The number of nitrogens with two attached hydrogens (primary N) is 1. The lowest BCUT2D eigenvalue weighted by Crippen LogP contribution is -2.24. The first-order valence-corrected chi connectivity index (χ1v) is 7.70. The molecule has 106 valence electrons. The van der Waals surface area contributed by atoms with Gasteiger partial charge < -0.3 is 10.5 Å². The van der Waals surface area contributed by atoms with Crippen molar-refractivity contribution in [3.8, 4) is 5.75 Å². The quantitative estimate of drug-likeness (QED) is 0.891. The van der Waals surface area contributed by atoms with Crippen molar-refractivity contribution < 1.29 is 4.74 Å². The SMILES string of the molecule is CC1CCCC(Oc2c(Cl)cc(Cl)cc2CCN)C1. The second-order valence-corrected chi connectivity index (χ2v) is 6.27. The number of benzene rings is 1. The van der Waals surface area contributed by atoms with Crippen LogP contribution in [-0.2, 0) is 6.42 Å². The molecular weight excluding hydrogens is 281 g/mol. The van der Waals surface area contributed by atoms with E-state index in [9.17, 15) is 0 Å². The van der Waals surface area contributed by atoms with Gasteiger partial charge in [-0.2, -0.15) is 0 Å². The van der Waals surface area contributed by atoms with E-state index in [1.165, 1.54) is 12.8 Å². The highest BCUT2D eigenvalue weighted by molar-refractivity contribution is 6.35. The molecule has 0 radical (unpaired) electrons. The molecular formula is C15H21Cl2NO. The van der Waals surface area contributed by atoms with Gasteiger partial charge in [-0.05, 0) is 55.8 Å². The van der Waals surface area contributed by atoms with Crippen LogP contribution < -0.4 is 10.5 Å². The molecule has 2 N–H and O–H groups in total. The van der Waals surface area contributed by atoms with Crippen molar-refractivity contribution >= 4 is 23.2 Å². The van der Waals surface area contributed by atoms with Crippen molar-refractivity contribution in [2.24, 2.45) is 11.7 Å². The van der Waals surface area contributed by atoms with Crippen LogP contribution in [0.1, 0.15) is 38.2 Å². The number of hydrogen-bond acceptors (Lipinski definition) is 2. The monoisotopic (exact) mass is 301 g/mol. The van der Waals surface area contributed by atoms with E-state index in [1.54, 1.807) is 6.07 Å². The molecule has 0 spiro atoms. The summed E-state index contributed by atoms with van der Waals surface area (Å²) in [6, 6.07) is 3.65. The highest BCUT2D eigenvalue weighted by atomic mass is 35.5. The average molecular weight is 302 g/mol. The van der Waals surface area contributed by atoms with Crippen LogP contribution in [0, 0.1) is 5.92 Å². The van der Waals surface area contributed by atoms with Gasteiger partial charge in [-0.25, -0.2) is 0 Å². The molecule has 0 bridgehead atoms. The molecule has 0 saturated heterocycles. The van der Waals surface area contributed by atoms with Crippen LogP contribution in [0.15, 0.2) is 12.1 Å². The molecule has 2 unspecified atom stereocenters. The van der Waals surface area contributed by atoms with E-state index in [4.69, 9.17) is 33.7 Å². The molecule has 4 heteroatoms. The maximum atomic E-state index is 6.28. The number of halogens is 2. The topological polar surface area (TPSA) is 35.2 Å². The Morgan fingerprint density at radius 1 is 1.32 bits per heavy atom. The van der Waals surface area contributed by atoms with Crippen LogP contribution in [0.5, 0.6) is 5.75 Å². The lowest BCUT2D eigenvalue weighted by Gasteiger charge is -2.28. The van der Waals surface area contributed by atoms with Crippen molar-refractivity contribution in [3.63, 3.8) is 0 Å². The molecule has 0 aromatic heterocycles. The third-order valence-electron chi connectivity index (χ3n) is 3.67. The fourth-order valence-electron chi connectivity index (χ4n) is 2.74. The summed E-state index contributed by atoms with van der Waals surface area (Å²) in [7, 11) is 0. The molecule has 2 atom stereocenters. The van der Waals surface area contributed by atoms with Crippen molar-refractivity contribution in [2.45, 2.75) is 45.1 Å². The number of ether oxygens (including phenoxy) is 1. The van der Waals surface area contributed by atoms with Gasteiger partial charge >= 0.3 is 0 Å². The largest absolute Gasteiger partial charge is 0.489 e. The van der Waals surface area contributed by atoms with E-state index in [0.717, 1.165) is 36.5 Å². The van der Waals surface area contributed by atoms with Gasteiger partial charge in [-0.15, -0.1) is 0 Å². The highest BCUT2D eigenvalue weighted by Gasteiger charge is 2.22. The molecule has 0 heterocycles. The molecule has 2 rings (SSSR count). The van der Waals surface area contributed by atoms with Crippen LogP contribution in [0.4, 0.5) is 0 Å². The van der Waals surface area contributed by atoms with Crippen molar-refractivity contribution in [3.05, 3.63) is 27.7 Å². The molecule has 19 heavy (non-hydrogen) atoms. The fraction of sp³-hybridized carbons (Fsp3) is 0.600. The first-order valence-electron chi connectivity index (χ1n) is 6.94. The zero-order valence-electron chi connectivity index (χ0n) is 11.3. The predicted molar refractivity (Wildman–Crippen MR) is 81.3 cm³/mol. The van der Waals surface area contributed by atoms with Crippen LogP contribution in [0.25, 0.3) is 0 Å². The maximum Gasteiger partial charge on any atom is 0.141 e. The maximum absolute atomic E-state index is 6.28. The van der Waals surface area contributed by atoms with Gasteiger partial charge in [0.05, 0.1) is 11.1 Å². The Kier molecular flexibility index (Phi) is 5.37. The molecule has 1 saturated carbocycles. The summed E-state index contributed by atoms with van der Waals surface area (Å²) in [4.78, 5) is 0. The summed E-state index contributed by atoms with van der Waals surface area (Å²) in [5.41, 5.74) is 6.66. The van der Waals surface area contributed by atoms with Crippen molar-refractivity contribution in [2.75, 3.05) is 6.54 Å². The molecule has 1 aliphatic rings. The standard InChI is InChI=1S/C15H21Cl2NO/c1-10-3-2-4-13(7-10)19-15-11(5-6-18)8-12(16)9-14(15)17/h8-10,13H,2-7,18H2,1H3. The Morgan fingerprint density at radius 3 is 2.79 bits per heavy atom. The van der Waals surface area contributed by atoms with E-state index in [1.807, 2.05) is 6.07 Å². The number of rotatable bonds is 4. The minimum Gasteiger partial charge on any atom is -0.489 e. The van der Waals surface area contributed by atoms with Gasteiger partial charge in [-0.1, -0.05) is 36.5 Å². The Bertz CT molecular complexity index is 436. The van der Waals surface area contributed by atoms with Gasteiger partial charge in [0.25, 0.3) is 0 Å². The second kappa shape index (κ2) is 6.83. The molecule has 1 aromatic rings. The van der Waals surface area contributed by atoms with E-state index < -0.39 is 0 Å². The summed E-state index contributed by atoms with van der Waals surface area (Å²) in [5, 5.41) is 1.23. The molecule has 1 aliphatic carbocycles. The third-order valence-corrected chi connectivity index (χ3v) is 4.17. The summed E-state index contributed by atoms with van der Waals surface area (Å²) in [6.45, 7) is 2.84. The lowest BCUT2D eigenvalue weighted by molar-refractivity contribution is 0.128. The molecule has 2 nitrogen and oxygen atoms in total. The van der Waals surface area contributed by atoms with Gasteiger partial charge in [0, 0.05) is 5.02 Å². The smallest absolute Gasteiger partial charge is 0.141 e. The highest BCUT2D eigenvalue weighted by Crippen LogP contribution is 2.36. The molecule has 1 fully saturated rings. The van der Waals surface area contributed by atoms with Gasteiger partial charge in [0.1, 0.15) is 5.75 Å². The van der Waals surface area contributed by atoms with Crippen LogP contribution in [0.2, 0.25) is 10.0 Å². The summed E-state index contributed by atoms with van der Waals surface area (Å²) >= 11 is 12.3. The van der Waals surface area contributed by atoms with Crippen LogP contribution in [0.3, 0.4) is 0 Å². The van der Waals surface area contributed by atoms with Gasteiger partial charge in [0.2, 0.25) is 0 Å². The normalized spacial score (nSPS) is 23.4. The average Bonchev–Trinajstić information content (AvgIpc) is 2.34. The predicted octanol–water partition coefficient (Wildman–Crippen LogP) is 4.45. The number of hydrogen-bond donors (Lipinski definition) is 1. The molecule has 1 aromatic carbocycles. The first-order chi connectivity index (χ1) is 9.10. The first kappa shape index (κ1) is 15.0. The molecule has 0 aliphatic heterocycles. The third kappa shape index (κ3) is 4.01. The summed E-state index contributed by atoms with van der Waals surface area (Å²) in [5.74, 6) is 1.50. The summed E-state index contributed by atoms with van der Waals surface area (Å²) < 4.78 is 6.15. The summed E-state index contributed by atoms with van der Waals surface area (Å²) in [6.07, 6.45) is 5.72. The Balaban J connectivity index is 2.18. The minimum absolute atomic E-state index is 0.263. The molecule has 0 amide bonds. The zero-order chi connectivity index (χ0) is 13.8. The van der Waals surface area contributed by atoms with Crippen molar-refractivity contribution in [1.82, 2.24) is 0 Å². The van der Waals surface area contributed by atoms with Crippen LogP contribution >= 0.6 is 23.2 Å². The Labute approximate surface area is 125 Å². The van der Waals surface area contributed by atoms with Gasteiger partial charge in [0.15, 0.2) is 0 Å². The van der Waals surface area contributed by atoms with Crippen molar-refractivity contribution in [1.29, 1.82) is 0 Å². The lowest BCUT2D eigenvalue weighted by atomic mass is 9.88. The minimum atomic E-state index is 0.263. The Morgan fingerprint density at radius 2 is 2.11 bits per heavy atom. The van der Waals surface area contributed by atoms with E-state index in [2.05, 4.69) is 6.92 Å². The zero-order valence-corrected chi connectivity index (χ0v) is 12.8. The van der Waals surface area contributed by atoms with E-state index in [-0.39, 0.29) is 6.10 Å². The second-order valence-electron chi connectivity index (χ2n) is 5.43. The van der Waals surface area contributed by atoms with Crippen LogP contribution in [-0.4, -0.2) is 12.6 Å².